The number of rotatable bonds is 6. The van der Waals surface area contributed by atoms with Crippen LogP contribution in [0.4, 0.5) is 17.1 Å². The highest BCUT2D eigenvalue weighted by Crippen LogP contribution is 2.42. The molecule has 0 atom stereocenters. The molecule has 0 saturated heterocycles. The number of para-hydroxylation sites is 1. The second kappa shape index (κ2) is 12.5. The SMILES string of the molecule is c1cc(-c2ccc(N(c3ccc(-c4cccc5ccccc45)cc3)c3ccc4c(c3)oc3ccccc34)cc2)cc(-n2c3cccc4ccc5cccc2c5c43)c1. The highest BCUT2D eigenvalue weighted by molar-refractivity contribution is 6.24. The van der Waals surface area contributed by atoms with Crippen LogP contribution in [-0.4, -0.2) is 4.57 Å². The van der Waals surface area contributed by atoms with Gasteiger partial charge in [-0.25, -0.2) is 0 Å². The van der Waals surface area contributed by atoms with Crippen molar-refractivity contribution < 1.29 is 4.42 Å². The second-order valence-corrected chi connectivity index (χ2v) is 14.9. The van der Waals surface area contributed by atoms with Crippen LogP contribution in [-0.2, 0) is 0 Å². The molecular weight excluding hydrogens is 693 g/mol. The van der Waals surface area contributed by atoms with Crippen LogP contribution in [0.1, 0.15) is 0 Å². The summed E-state index contributed by atoms with van der Waals surface area (Å²) in [4.78, 5) is 2.32. The van der Waals surface area contributed by atoms with Crippen molar-refractivity contribution in [2.45, 2.75) is 0 Å². The summed E-state index contributed by atoms with van der Waals surface area (Å²) in [7, 11) is 0. The van der Waals surface area contributed by atoms with Crippen LogP contribution in [0.5, 0.6) is 0 Å². The van der Waals surface area contributed by atoms with Crippen molar-refractivity contribution in [2.75, 3.05) is 4.90 Å². The Kier molecular flexibility index (Phi) is 6.93. The topological polar surface area (TPSA) is 21.3 Å². The first-order valence-corrected chi connectivity index (χ1v) is 19.5. The van der Waals surface area contributed by atoms with E-state index in [1.807, 2.05) is 12.1 Å². The molecule has 0 bridgehead atoms. The van der Waals surface area contributed by atoms with Gasteiger partial charge >= 0.3 is 0 Å². The number of aromatic nitrogens is 1. The lowest BCUT2D eigenvalue weighted by Gasteiger charge is -2.26. The normalized spacial score (nSPS) is 11.9. The van der Waals surface area contributed by atoms with Gasteiger partial charge in [0.05, 0.1) is 11.0 Å². The van der Waals surface area contributed by atoms with Crippen molar-refractivity contribution in [3.8, 4) is 27.9 Å². The fourth-order valence-electron chi connectivity index (χ4n) is 9.09. The molecule has 10 aromatic carbocycles. The molecule has 0 aliphatic heterocycles. The van der Waals surface area contributed by atoms with Crippen molar-refractivity contribution in [1.82, 2.24) is 4.57 Å². The Hall–Kier alpha value is -7.62. The van der Waals surface area contributed by atoms with E-state index < -0.39 is 0 Å². The quantitative estimate of drug-likeness (QED) is 0.159. The van der Waals surface area contributed by atoms with Crippen molar-refractivity contribution in [1.29, 1.82) is 0 Å². The number of hydrogen-bond donors (Lipinski definition) is 0. The van der Waals surface area contributed by atoms with E-state index in [0.29, 0.717) is 0 Å². The second-order valence-electron chi connectivity index (χ2n) is 14.9. The number of anilines is 3. The van der Waals surface area contributed by atoms with Crippen molar-refractivity contribution >= 4 is 82.4 Å². The van der Waals surface area contributed by atoms with Crippen LogP contribution in [0.2, 0.25) is 0 Å². The summed E-state index contributed by atoms with van der Waals surface area (Å²) in [5.41, 5.74) is 13.3. The molecule has 0 saturated carbocycles. The molecule has 0 radical (unpaired) electrons. The fraction of sp³-hybridized carbons (Fsp3) is 0. The van der Waals surface area contributed by atoms with Gasteiger partial charge in [-0.05, 0) is 111 Å². The highest BCUT2D eigenvalue weighted by Gasteiger charge is 2.18. The molecule has 2 heterocycles. The molecule has 0 unspecified atom stereocenters. The molecule has 57 heavy (non-hydrogen) atoms. The number of nitrogens with zero attached hydrogens (tertiary/aromatic N) is 2. The first kappa shape index (κ1) is 31.7. The Morgan fingerprint density at radius 2 is 0.930 bits per heavy atom. The minimum atomic E-state index is 0.870. The van der Waals surface area contributed by atoms with Crippen molar-refractivity contribution in [3.63, 3.8) is 0 Å². The molecule has 0 spiro atoms. The zero-order valence-electron chi connectivity index (χ0n) is 30.9. The summed E-state index contributed by atoms with van der Waals surface area (Å²) in [6.45, 7) is 0. The summed E-state index contributed by atoms with van der Waals surface area (Å²) >= 11 is 0. The molecular formula is C54H34N2O. The number of fused-ring (bicyclic) bond motifs is 4. The average molecular weight is 727 g/mol. The van der Waals surface area contributed by atoms with Gasteiger partial charge in [0.15, 0.2) is 0 Å². The van der Waals surface area contributed by atoms with Gasteiger partial charge in [0, 0.05) is 50.4 Å². The third kappa shape index (κ3) is 4.99. The maximum atomic E-state index is 6.39. The largest absolute Gasteiger partial charge is 0.456 e. The summed E-state index contributed by atoms with van der Waals surface area (Å²) in [6.07, 6.45) is 0. The standard InChI is InChI=1S/C54H34N2O/c1-2-15-45-36(9-1)10-6-17-46(45)37-25-29-42(30-26-37)55(44-31-32-48-47-16-3-4-20-51(47)57-52(48)34-44)41-27-23-35(24-28-41)40-13-5-14-43(33-40)56-49-18-7-11-38-21-22-39-12-8-19-50(56)54(39)53(38)49/h1-34H. The predicted octanol–water partition coefficient (Wildman–Crippen LogP) is 15.2. The van der Waals surface area contributed by atoms with Crippen LogP contribution in [0.15, 0.2) is 211 Å². The van der Waals surface area contributed by atoms with E-state index in [2.05, 4.69) is 204 Å². The maximum Gasteiger partial charge on any atom is 0.137 e. The third-order valence-corrected chi connectivity index (χ3v) is 11.7. The Morgan fingerprint density at radius 3 is 1.68 bits per heavy atom. The third-order valence-electron chi connectivity index (χ3n) is 11.7. The van der Waals surface area contributed by atoms with Gasteiger partial charge in [-0.2, -0.15) is 0 Å². The van der Waals surface area contributed by atoms with E-state index in [4.69, 9.17) is 4.42 Å². The van der Waals surface area contributed by atoms with Gasteiger partial charge in [0.25, 0.3) is 0 Å². The lowest BCUT2D eigenvalue weighted by atomic mass is 9.98. The summed E-state index contributed by atoms with van der Waals surface area (Å²) in [5, 5.41) is 9.93. The van der Waals surface area contributed by atoms with Crippen LogP contribution < -0.4 is 4.90 Å². The van der Waals surface area contributed by atoms with E-state index >= 15 is 0 Å². The van der Waals surface area contributed by atoms with Crippen molar-refractivity contribution in [2.24, 2.45) is 0 Å². The fourth-order valence-corrected chi connectivity index (χ4v) is 9.09. The van der Waals surface area contributed by atoms with E-state index in [9.17, 15) is 0 Å². The molecule has 3 nitrogen and oxygen atoms in total. The average Bonchev–Trinajstić information content (AvgIpc) is 3.82. The molecule has 0 fully saturated rings. The van der Waals surface area contributed by atoms with Gasteiger partial charge in [-0.15, -0.1) is 0 Å². The van der Waals surface area contributed by atoms with Gasteiger partial charge in [0.2, 0.25) is 0 Å². The molecule has 3 heteroatoms. The van der Waals surface area contributed by atoms with Gasteiger partial charge in [-0.1, -0.05) is 133 Å². The zero-order valence-corrected chi connectivity index (χ0v) is 30.9. The molecule has 266 valence electrons. The molecule has 0 amide bonds. The van der Waals surface area contributed by atoms with Crippen LogP contribution in [0.25, 0.3) is 93.2 Å². The van der Waals surface area contributed by atoms with Crippen molar-refractivity contribution in [3.05, 3.63) is 206 Å². The van der Waals surface area contributed by atoms with Gasteiger partial charge < -0.3 is 13.9 Å². The van der Waals surface area contributed by atoms with Crippen LogP contribution in [0, 0.1) is 0 Å². The van der Waals surface area contributed by atoms with Crippen LogP contribution >= 0.6 is 0 Å². The Bertz CT molecular complexity index is 3390. The molecule has 0 N–H and O–H groups in total. The Morgan fingerprint density at radius 1 is 0.351 bits per heavy atom. The molecule has 12 aromatic rings. The van der Waals surface area contributed by atoms with E-state index in [1.165, 1.54) is 60.0 Å². The first-order valence-electron chi connectivity index (χ1n) is 19.5. The smallest absolute Gasteiger partial charge is 0.137 e. The van der Waals surface area contributed by atoms with Gasteiger partial charge in [0.1, 0.15) is 11.2 Å². The zero-order chi connectivity index (χ0) is 37.5. The van der Waals surface area contributed by atoms with E-state index in [1.54, 1.807) is 0 Å². The first-order chi connectivity index (χ1) is 28.2. The highest BCUT2D eigenvalue weighted by atomic mass is 16.3. The molecule has 0 aliphatic carbocycles. The minimum Gasteiger partial charge on any atom is -0.456 e. The number of hydrogen-bond acceptors (Lipinski definition) is 2. The monoisotopic (exact) mass is 726 g/mol. The maximum absolute atomic E-state index is 6.39. The van der Waals surface area contributed by atoms with Gasteiger partial charge in [-0.3, -0.25) is 0 Å². The Balaban J connectivity index is 0.957. The molecule has 12 rings (SSSR count). The summed E-state index contributed by atoms with van der Waals surface area (Å²) in [6, 6.07) is 74.5. The summed E-state index contributed by atoms with van der Waals surface area (Å²) < 4.78 is 8.81. The van der Waals surface area contributed by atoms with E-state index in [0.717, 1.165) is 50.3 Å². The van der Waals surface area contributed by atoms with E-state index in [-0.39, 0.29) is 0 Å². The lowest BCUT2D eigenvalue weighted by Crippen LogP contribution is -2.09. The number of furan rings is 1. The molecule has 2 aromatic heterocycles. The lowest BCUT2D eigenvalue weighted by molar-refractivity contribution is 0.669. The number of benzene rings is 10. The predicted molar refractivity (Wildman–Crippen MR) is 240 cm³/mol. The van der Waals surface area contributed by atoms with Crippen LogP contribution in [0.3, 0.4) is 0 Å². The minimum absolute atomic E-state index is 0.870. The summed E-state index contributed by atoms with van der Waals surface area (Å²) in [5.74, 6) is 0. The Labute approximate surface area is 329 Å². The molecule has 0 aliphatic rings.